The summed E-state index contributed by atoms with van der Waals surface area (Å²) in [4.78, 5) is 22.0. The van der Waals surface area contributed by atoms with Crippen molar-refractivity contribution in [2.75, 3.05) is 5.32 Å². The molecule has 0 saturated carbocycles. The Morgan fingerprint density at radius 1 is 1.19 bits per heavy atom. The van der Waals surface area contributed by atoms with Crippen molar-refractivity contribution in [3.63, 3.8) is 0 Å². The van der Waals surface area contributed by atoms with Gasteiger partial charge in [0, 0.05) is 16.6 Å². The van der Waals surface area contributed by atoms with Crippen molar-refractivity contribution in [1.29, 1.82) is 0 Å². The number of hydrogen-bond acceptors (Lipinski definition) is 3. The molecule has 0 heterocycles. The Hall–Kier alpha value is -2.35. The third kappa shape index (κ3) is 3.40. The van der Waals surface area contributed by atoms with Gasteiger partial charge >= 0.3 is 0 Å². The normalized spacial score (nSPS) is 10.2. The van der Waals surface area contributed by atoms with Gasteiger partial charge in [-0.2, -0.15) is 0 Å². The van der Waals surface area contributed by atoms with E-state index in [4.69, 9.17) is 0 Å². The zero-order chi connectivity index (χ0) is 15.6. The van der Waals surface area contributed by atoms with Gasteiger partial charge in [0.05, 0.1) is 10.5 Å². The molecule has 0 aliphatic carbocycles. The summed E-state index contributed by atoms with van der Waals surface area (Å²) in [5, 5.41) is 12.9. The van der Waals surface area contributed by atoms with E-state index in [0.717, 1.165) is 24.3 Å². The van der Waals surface area contributed by atoms with E-state index in [1.807, 2.05) is 0 Å². The second kappa shape index (κ2) is 5.96. The summed E-state index contributed by atoms with van der Waals surface area (Å²) in [6.07, 6.45) is 0. The monoisotopic (exact) mass is 356 g/mol. The van der Waals surface area contributed by atoms with Gasteiger partial charge in [-0.25, -0.2) is 8.78 Å². The molecule has 0 atom stereocenters. The second-order valence-electron chi connectivity index (χ2n) is 4.00. The number of nitrogens with one attached hydrogen (secondary N) is 1. The van der Waals surface area contributed by atoms with Crippen LogP contribution in [0.25, 0.3) is 0 Å². The number of nitro benzene ring substituents is 1. The van der Waals surface area contributed by atoms with E-state index < -0.39 is 28.2 Å². The van der Waals surface area contributed by atoms with Gasteiger partial charge in [-0.05, 0) is 24.3 Å². The Morgan fingerprint density at radius 3 is 2.52 bits per heavy atom. The van der Waals surface area contributed by atoms with Crippen LogP contribution >= 0.6 is 15.9 Å². The summed E-state index contributed by atoms with van der Waals surface area (Å²) in [5.41, 5.74) is -1.13. The van der Waals surface area contributed by atoms with Crippen LogP contribution in [-0.2, 0) is 0 Å². The molecule has 0 aliphatic rings. The lowest BCUT2D eigenvalue weighted by atomic mass is 10.2. The maximum atomic E-state index is 13.6. The molecular weight excluding hydrogens is 350 g/mol. The minimum absolute atomic E-state index is 0.309. The molecule has 8 heteroatoms. The van der Waals surface area contributed by atoms with E-state index in [1.54, 1.807) is 0 Å². The van der Waals surface area contributed by atoms with Crippen LogP contribution in [0.2, 0.25) is 0 Å². The molecule has 0 saturated heterocycles. The van der Waals surface area contributed by atoms with E-state index in [2.05, 4.69) is 21.2 Å². The number of nitro groups is 1. The van der Waals surface area contributed by atoms with Gasteiger partial charge in [0.1, 0.15) is 17.3 Å². The number of rotatable bonds is 3. The predicted molar refractivity (Wildman–Crippen MR) is 75.1 cm³/mol. The molecule has 2 aromatic rings. The fourth-order valence-corrected chi connectivity index (χ4v) is 1.96. The summed E-state index contributed by atoms with van der Waals surface area (Å²) in [7, 11) is 0. The maximum absolute atomic E-state index is 13.6. The Balaban J connectivity index is 2.35. The summed E-state index contributed by atoms with van der Waals surface area (Å²) >= 11 is 3.04. The molecule has 5 nitrogen and oxygen atoms in total. The molecule has 2 rings (SSSR count). The highest BCUT2D eigenvalue weighted by atomic mass is 79.9. The molecule has 0 spiro atoms. The van der Waals surface area contributed by atoms with Crippen LogP contribution in [0, 0.1) is 21.7 Å². The van der Waals surface area contributed by atoms with Crippen molar-refractivity contribution < 1.29 is 18.5 Å². The third-order valence-corrected chi connectivity index (χ3v) is 3.07. The maximum Gasteiger partial charge on any atom is 0.292 e. The summed E-state index contributed by atoms with van der Waals surface area (Å²) in [6, 6.07) is 6.34. The molecule has 0 radical (unpaired) electrons. The van der Waals surface area contributed by atoms with Gasteiger partial charge in [-0.15, -0.1) is 0 Å². The SMILES string of the molecule is O=C(Nc1cc(F)ccc1[N+](=O)[O-])c1ccc(Br)cc1F. The smallest absolute Gasteiger partial charge is 0.292 e. The van der Waals surface area contributed by atoms with Gasteiger partial charge in [-0.3, -0.25) is 14.9 Å². The van der Waals surface area contributed by atoms with E-state index >= 15 is 0 Å². The lowest BCUT2D eigenvalue weighted by Gasteiger charge is -2.07. The molecule has 0 fully saturated rings. The van der Waals surface area contributed by atoms with Crippen LogP contribution < -0.4 is 5.32 Å². The summed E-state index contributed by atoms with van der Waals surface area (Å²) in [6.45, 7) is 0. The zero-order valence-corrected chi connectivity index (χ0v) is 11.9. The van der Waals surface area contributed by atoms with Crippen molar-refractivity contribution >= 4 is 33.2 Å². The first-order valence-electron chi connectivity index (χ1n) is 5.59. The average Bonchev–Trinajstić information content (AvgIpc) is 2.37. The molecule has 0 aliphatic heterocycles. The van der Waals surface area contributed by atoms with Crippen molar-refractivity contribution in [3.8, 4) is 0 Å². The predicted octanol–water partition coefficient (Wildman–Crippen LogP) is 3.89. The van der Waals surface area contributed by atoms with Crippen LogP contribution in [-0.4, -0.2) is 10.8 Å². The topological polar surface area (TPSA) is 72.2 Å². The zero-order valence-electron chi connectivity index (χ0n) is 10.3. The van der Waals surface area contributed by atoms with Crippen molar-refractivity contribution in [3.05, 3.63) is 68.2 Å². The minimum Gasteiger partial charge on any atom is -0.316 e. The van der Waals surface area contributed by atoms with Crippen LogP contribution in [0.3, 0.4) is 0 Å². The van der Waals surface area contributed by atoms with Crippen LogP contribution in [0.15, 0.2) is 40.9 Å². The largest absolute Gasteiger partial charge is 0.316 e. The first-order chi connectivity index (χ1) is 9.88. The highest BCUT2D eigenvalue weighted by Crippen LogP contribution is 2.26. The molecule has 0 aromatic heterocycles. The standard InChI is InChI=1S/C13H7BrF2N2O3/c14-7-1-3-9(10(16)5-7)13(19)17-11-6-8(15)2-4-12(11)18(20)21/h1-6H,(H,17,19). The van der Waals surface area contributed by atoms with Crippen LogP contribution in [0.1, 0.15) is 10.4 Å². The molecule has 1 amide bonds. The van der Waals surface area contributed by atoms with E-state index in [9.17, 15) is 23.7 Å². The Labute approximate surface area is 125 Å². The molecular formula is C13H7BrF2N2O3. The highest BCUT2D eigenvalue weighted by molar-refractivity contribution is 9.10. The molecule has 0 bridgehead atoms. The van der Waals surface area contributed by atoms with Gasteiger partial charge in [0.25, 0.3) is 11.6 Å². The van der Waals surface area contributed by atoms with Gasteiger partial charge < -0.3 is 5.32 Å². The molecule has 108 valence electrons. The van der Waals surface area contributed by atoms with Crippen molar-refractivity contribution in [2.24, 2.45) is 0 Å². The Bertz CT molecular complexity index is 737. The number of anilines is 1. The number of carbonyl (C=O) groups excluding carboxylic acids is 1. The lowest BCUT2D eigenvalue weighted by molar-refractivity contribution is -0.384. The van der Waals surface area contributed by atoms with Crippen molar-refractivity contribution in [2.45, 2.75) is 0 Å². The van der Waals surface area contributed by atoms with Gasteiger partial charge in [0.15, 0.2) is 0 Å². The number of benzene rings is 2. The first kappa shape index (κ1) is 15.0. The first-order valence-corrected chi connectivity index (χ1v) is 6.38. The third-order valence-electron chi connectivity index (χ3n) is 2.58. The van der Waals surface area contributed by atoms with E-state index in [1.165, 1.54) is 12.1 Å². The molecule has 21 heavy (non-hydrogen) atoms. The molecule has 2 aromatic carbocycles. The van der Waals surface area contributed by atoms with Crippen LogP contribution in [0.4, 0.5) is 20.2 Å². The molecule has 0 unspecified atom stereocenters. The van der Waals surface area contributed by atoms with E-state index in [-0.39, 0.29) is 11.3 Å². The fourth-order valence-electron chi connectivity index (χ4n) is 1.63. The van der Waals surface area contributed by atoms with Crippen molar-refractivity contribution in [1.82, 2.24) is 0 Å². The summed E-state index contributed by atoms with van der Waals surface area (Å²) in [5.74, 6) is -2.47. The number of nitrogens with zero attached hydrogens (tertiary/aromatic N) is 1. The van der Waals surface area contributed by atoms with Crippen LogP contribution in [0.5, 0.6) is 0 Å². The number of carbonyl (C=O) groups is 1. The number of amides is 1. The Morgan fingerprint density at radius 2 is 1.90 bits per heavy atom. The highest BCUT2D eigenvalue weighted by Gasteiger charge is 2.19. The number of halogens is 3. The average molecular weight is 357 g/mol. The molecule has 1 N–H and O–H groups in total. The minimum atomic E-state index is -0.909. The number of hydrogen-bond donors (Lipinski definition) is 1. The van der Waals surface area contributed by atoms with Gasteiger partial charge in [0.2, 0.25) is 0 Å². The fraction of sp³-hybridized carbons (Fsp3) is 0. The Kier molecular flexibility index (Phi) is 4.27. The quantitative estimate of drug-likeness (QED) is 0.669. The van der Waals surface area contributed by atoms with E-state index in [0.29, 0.717) is 4.47 Å². The second-order valence-corrected chi connectivity index (χ2v) is 4.91. The van der Waals surface area contributed by atoms with Gasteiger partial charge in [-0.1, -0.05) is 15.9 Å². The lowest BCUT2D eigenvalue weighted by Crippen LogP contribution is -2.15. The summed E-state index contributed by atoms with van der Waals surface area (Å²) < 4.78 is 27.2.